The smallest absolute Gasteiger partial charge is 0.140 e. The van der Waals surface area contributed by atoms with Crippen LogP contribution in [0.4, 0.5) is 0 Å². The summed E-state index contributed by atoms with van der Waals surface area (Å²) in [5, 5.41) is 3.41. The van der Waals surface area contributed by atoms with E-state index in [0.29, 0.717) is 11.7 Å². The zero-order valence-corrected chi connectivity index (χ0v) is 10.8. The summed E-state index contributed by atoms with van der Waals surface area (Å²) < 4.78 is 0. The van der Waals surface area contributed by atoms with Crippen molar-refractivity contribution in [3.05, 3.63) is 35.9 Å². The number of Topliss-reactive ketones (excluding diaryl/α,β-unsaturated/α-hetero) is 1. The number of carbonyl (C=O) groups excluding carboxylic acids is 1. The second-order valence-electron chi connectivity index (χ2n) is 5.72. The molecule has 2 aliphatic rings. The number of hydrogen-bond donors (Lipinski definition) is 1. The molecule has 1 heterocycles. The first kappa shape index (κ1) is 11.9. The number of rotatable bonds is 2. The van der Waals surface area contributed by atoms with E-state index in [1.54, 1.807) is 0 Å². The summed E-state index contributed by atoms with van der Waals surface area (Å²) in [4.78, 5) is 12.2. The SMILES string of the molecule is O=C1CC(C2CCNCC2)CC1c1ccccc1. The second kappa shape index (κ2) is 5.23. The summed E-state index contributed by atoms with van der Waals surface area (Å²) in [5.74, 6) is 2.03. The Hall–Kier alpha value is -1.15. The Morgan fingerprint density at radius 2 is 1.72 bits per heavy atom. The summed E-state index contributed by atoms with van der Waals surface area (Å²) in [6.07, 6.45) is 4.39. The van der Waals surface area contributed by atoms with Gasteiger partial charge in [-0.25, -0.2) is 0 Å². The maximum Gasteiger partial charge on any atom is 0.140 e. The summed E-state index contributed by atoms with van der Waals surface area (Å²) in [7, 11) is 0. The van der Waals surface area contributed by atoms with Crippen LogP contribution in [0.3, 0.4) is 0 Å². The fourth-order valence-electron chi connectivity index (χ4n) is 3.60. The molecule has 2 unspecified atom stereocenters. The molecule has 0 bridgehead atoms. The van der Waals surface area contributed by atoms with Crippen LogP contribution in [0.25, 0.3) is 0 Å². The molecule has 1 saturated carbocycles. The third kappa shape index (κ3) is 2.35. The Labute approximate surface area is 109 Å². The molecule has 2 nitrogen and oxygen atoms in total. The standard InChI is InChI=1S/C16H21NO/c18-16-11-14(12-6-8-17-9-7-12)10-15(16)13-4-2-1-3-5-13/h1-5,12,14-15,17H,6-11H2. The van der Waals surface area contributed by atoms with Crippen molar-refractivity contribution in [2.45, 2.75) is 31.6 Å². The van der Waals surface area contributed by atoms with E-state index in [0.717, 1.165) is 31.8 Å². The number of benzene rings is 1. The van der Waals surface area contributed by atoms with Crippen LogP contribution in [0.15, 0.2) is 30.3 Å². The monoisotopic (exact) mass is 243 g/mol. The summed E-state index contributed by atoms with van der Waals surface area (Å²) in [6.45, 7) is 2.26. The predicted octanol–water partition coefficient (Wildman–Crippen LogP) is 2.75. The highest BCUT2D eigenvalue weighted by atomic mass is 16.1. The van der Waals surface area contributed by atoms with Crippen LogP contribution in [0.1, 0.15) is 37.2 Å². The molecular weight excluding hydrogens is 222 g/mol. The van der Waals surface area contributed by atoms with E-state index in [1.807, 2.05) is 18.2 Å². The van der Waals surface area contributed by atoms with Crippen molar-refractivity contribution >= 4 is 5.78 Å². The maximum atomic E-state index is 12.2. The van der Waals surface area contributed by atoms with Crippen LogP contribution in [-0.4, -0.2) is 18.9 Å². The van der Waals surface area contributed by atoms with Crippen molar-refractivity contribution in [3.63, 3.8) is 0 Å². The van der Waals surface area contributed by atoms with Crippen molar-refractivity contribution in [3.8, 4) is 0 Å². The minimum Gasteiger partial charge on any atom is -0.317 e. The van der Waals surface area contributed by atoms with Crippen LogP contribution in [0, 0.1) is 11.8 Å². The van der Waals surface area contributed by atoms with Crippen LogP contribution in [0.5, 0.6) is 0 Å². The summed E-state index contributed by atoms with van der Waals surface area (Å²) in [5.41, 5.74) is 1.22. The molecule has 2 fully saturated rings. The van der Waals surface area contributed by atoms with E-state index < -0.39 is 0 Å². The maximum absolute atomic E-state index is 12.2. The third-order valence-corrected chi connectivity index (χ3v) is 4.64. The minimum absolute atomic E-state index is 0.172. The highest BCUT2D eigenvalue weighted by Crippen LogP contribution is 2.41. The van der Waals surface area contributed by atoms with Gasteiger partial charge in [0.15, 0.2) is 0 Å². The Kier molecular flexibility index (Phi) is 3.46. The van der Waals surface area contributed by atoms with E-state index in [1.165, 1.54) is 18.4 Å². The average molecular weight is 243 g/mol. The molecule has 1 aromatic carbocycles. The van der Waals surface area contributed by atoms with Crippen LogP contribution in [0.2, 0.25) is 0 Å². The van der Waals surface area contributed by atoms with Gasteiger partial charge in [-0.3, -0.25) is 4.79 Å². The van der Waals surface area contributed by atoms with Gasteiger partial charge in [0.2, 0.25) is 0 Å². The molecule has 96 valence electrons. The van der Waals surface area contributed by atoms with Gasteiger partial charge in [-0.2, -0.15) is 0 Å². The third-order valence-electron chi connectivity index (χ3n) is 4.64. The molecule has 1 aliphatic heterocycles. The van der Waals surface area contributed by atoms with E-state index in [9.17, 15) is 4.79 Å². The summed E-state index contributed by atoms with van der Waals surface area (Å²) in [6, 6.07) is 10.3. The van der Waals surface area contributed by atoms with Crippen molar-refractivity contribution in [2.24, 2.45) is 11.8 Å². The quantitative estimate of drug-likeness (QED) is 0.865. The molecule has 0 radical (unpaired) electrons. The molecule has 1 aromatic rings. The normalized spacial score (nSPS) is 29.7. The number of carbonyl (C=O) groups is 1. The number of piperidine rings is 1. The number of ketones is 1. The van der Waals surface area contributed by atoms with Crippen molar-refractivity contribution in [1.82, 2.24) is 5.32 Å². The zero-order chi connectivity index (χ0) is 12.4. The first-order chi connectivity index (χ1) is 8.84. The van der Waals surface area contributed by atoms with Gasteiger partial charge in [-0.1, -0.05) is 30.3 Å². The Bertz CT molecular complexity index is 408. The van der Waals surface area contributed by atoms with Gasteiger partial charge >= 0.3 is 0 Å². The predicted molar refractivity (Wildman–Crippen MR) is 72.5 cm³/mol. The van der Waals surface area contributed by atoms with Crippen molar-refractivity contribution < 1.29 is 4.79 Å². The number of nitrogens with one attached hydrogen (secondary N) is 1. The molecule has 1 saturated heterocycles. The van der Waals surface area contributed by atoms with E-state index in [4.69, 9.17) is 0 Å². The van der Waals surface area contributed by atoms with Crippen LogP contribution < -0.4 is 5.32 Å². The van der Waals surface area contributed by atoms with Crippen molar-refractivity contribution in [1.29, 1.82) is 0 Å². The van der Waals surface area contributed by atoms with Crippen LogP contribution >= 0.6 is 0 Å². The zero-order valence-electron chi connectivity index (χ0n) is 10.8. The van der Waals surface area contributed by atoms with Gasteiger partial charge in [0, 0.05) is 12.3 Å². The Balaban J connectivity index is 1.70. The fraction of sp³-hybridized carbons (Fsp3) is 0.562. The minimum atomic E-state index is 0.172. The lowest BCUT2D eigenvalue weighted by atomic mass is 9.83. The average Bonchev–Trinajstić information content (AvgIpc) is 2.83. The van der Waals surface area contributed by atoms with Gasteiger partial charge in [0.25, 0.3) is 0 Å². The second-order valence-corrected chi connectivity index (χ2v) is 5.72. The Morgan fingerprint density at radius 3 is 2.44 bits per heavy atom. The van der Waals surface area contributed by atoms with E-state index >= 15 is 0 Å². The van der Waals surface area contributed by atoms with Gasteiger partial charge in [-0.15, -0.1) is 0 Å². The lowest BCUT2D eigenvalue weighted by molar-refractivity contribution is -0.118. The van der Waals surface area contributed by atoms with E-state index in [-0.39, 0.29) is 5.92 Å². The molecule has 2 atom stereocenters. The largest absolute Gasteiger partial charge is 0.317 e. The Morgan fingerprint density at radius 1 is 1.00 bits per heavy atom. The summed E-state index contributed by atoms with van der Waals surface area (Å²) >= 11 is 0. The van der Waals surface area contributed by atoms with Gasteiger partial charge < -0.3 is 5.32 Å². The molecule has 18 heavy (non-hydrogen) atoms. The topological polar surface area (TPSA) is 29.1 Å². The van der Waals surface area contributed by atoms with E-state index in [2.05, 4.69) is 17.4 Å². The molecule has 1 N–H and O–H groups in total. The van der Waals surface area contributed by atoms with Gasteiger partial charge in [-0.05, 0) is 49.8 Å². The first-order valence-electron chi connectivity index (χ1n) is 7.13. The van der Waals surface area contributed by atoms with Gasteiger partial charge in [0.1, 0.15) is 5.78 Å². The molecule has 0 amide bonds. The lowest BCUT2D eigenvalue weighted by Gasteiger charge is -2.27. The molecule has 3 rings (SSSR count). The van der Waals surface area contributed by atoms with Crippen LogP contribution in [-0.2, 0) is 4.79 Å². The van der Waals surface area contributed by atoms with Gasteiger partial charge in [0.05, 0.1) is 0 Å². The highest BCUT2D eigenvalue weighted by Gasteiger charge is 2.37. The fourth-order valence-corrected chi connectivity index (χ4v) is 3.60. The number of hydrogen-bond acceptors (Lipinski definition) is 2. The lowest BCUT2D eigenvalue weighted by Crippen LogP contribution is -2.31. The molecular formula is C16H21NO. The molecule has 1 aliphatic carbocycles. The molecule has 0 spiro atoms. The highest BCUT2D eigenvalue weighted by molar-refractivity contribution is 5.88. The van der Waals surface area contributed by atoms with Crippen molar-refractivity contribution in [2.75, 3.05) is 13.1 Å². The molecule has 2 heteroatoms. The molecule has 0 aromatic heterocycles. The first-order valence-corrected chi connectivity index (χ1v) is 7.13.